The van der Waals surface area contributed by atoms with Crippen LogP contribution in [0.15, 0.2) is 35.7 Å². The molecule has 0 bridgehead atoms. The van der Waals surface area contributed by atoms with Crippen LogP contribution >= 0.6 is 11.3 Å². The average molecular weight is 301 g/mol. The molecule has 0 aliphatic heterocycles. The Kier molecular flexibility index (Phi) is 5.04. The Morgan fingerprint density at radius 2 is 1.81 bits per heavy atom. The lowest BCUT2D eigenvalue weighted by molar-refractivity contribution is 0.177. The van der Waals surface area contributed by atoms with Gasteiger partial charge in [0.2, 0.25) is 0 Å². The molecule has 112 valence electrons. The van der Waals surface area contributed by atoms with Gasteiger partial charge in [0.1, 0.15) is 0 Å². The van der Waals surface area contributed by atoms with E-state index in [4.69, 9.17) is 4.98 Å². The molecule has 21 heavy (non-hydrogen) atoms. The third-order valence-electron chi connectivity index (χ3n) is 4.36. The van der Waals surface area contributed by atoms with Crippen molar-refractivity contribution in [3.8, 4) is 0 Å². The molecule has 1 aliphatic carbocycles. The number of hydrogen-bond acceptors (Lipinski definition) is 3. The highest BCUT2D eigenvalue weighted by Crippen LogP contribution is 2.33. The third kappa shape index (κ3) is 3.92. The highest BCUT2D eigenvalue weighted by molar-refractivity contribution is 7.09. The molecule has 3 rings (SSSR count). The Morgan fingerprint density at radius 3 is 2.52 bits per heavy atom. The van der Waals surface area contributed by atoms with Gasteiger partial charge in [-0.25, -0.2) is 4.98 Å². The summed E-state index contributed by atoms with van der Waals surface area (Å²) in [5, 5.41) is 13.7. The van der Waals surface area contributed by atoms with Crippen LogP contribution in [0.3, 0.4) is 0 Å². The van der Waals surface area contributed by atoms with E-state index < -0.39 is 6.10 Å². The van der Waals surface area contributed by atoms with Crippen LogP contribution in [-0.2, 0) is 6.42 Å². The second kappa shape index (κ2) is 7.19. The van der Waals surface area contributed by atoms with Crippen LogP contribution in [0, 0.1) is 0 Å². The van der Waals surface area contributed by atoms with Gasteiger partial charge in [0, 0.05) is 17.7 Å². The minimum atomic E-state index is -0.449. The summed E-state index contributed by atoms with van der Waals surface area (Å²) in [6.07, 6.45) is 8.17. The van der Waals surface area contributed by atoms with Gasteiger partial charge >= 0.3 is 0 Å². The minimum Gasteiger partial charge on any atom is -0.388 e. The summed E-state index contributed by atoms with van der Waals surface area (Å²) in [4.78, 5) is 4.80. The molecule has 1 fully saturated rings. The number of aromatic nitrogens is 1. The summed E-state index contributed by atoms with van der Waals surface area (Å²) in [7, 11) is 0. The van der Waals surface area contributed by atoms with E-state index in [9.17, 15) is 5.11 Å². The fraction of sp³-hybridized carbons (Fsp3) is 0.500. The van der Waals surface area contributed by atoms with Gasteiger partial charge in [0.05, 0.1) is 16.8 Å². The first-order valence-corrected chi connectivity index (χ1v) is 8.88. The van der Waals surface area contributed by atoms with Crippen molar-refractivity contribution in [3.63, 3.8) is 0 Å². The van der Waals surface area contributed by atoms with Crippen LogP contribution in [-0.4, -0.2) is 10.1 Å². The highest BCUT2D eigenvalue weighted by Gasteiger charge is 2.18. The van der Waals surface area contributed by atoms with Crippen LogP contribution in [0.5, 0.6) is 0 Å². The van der Waals surface area contributed by atoms with Gasteiger partial charge in [-0.1, -0.05) is 56.0 Å². The highest BCUT2D eigenvalue weighted by atomic mass is 32.1. The second-order valence-electron chi connectivity index (χ2n) is 6.00. The van der Waals surface area contributed by atoms with Crippen LogP contribution in [0.1, 0.15) is 66.8 Å². The lowest BCUT2D eigenvalue weighted by Crippen LogP contribution is -2.03. The fourth-order valence-corrected chi connectivity index (χ4v) is 4.13. The van der Waals surface area contributed by atoms with E-state index in [2.05, 4.69) is 5.38 Å². The van der Waals surface area contributed by atoms with E-state index >= 15 is 0 Å². The van der Waals surface area contributed by atoms with E-state index in [0.29, 0.717) is 12.3 Å². The molecule has 2 aromatic rings. The lowest BCUT2D eigenvalue weighted by Gasteiger charge is -2.11. The Balaban J connectivity index is 1.64. The summed E-state index contributed by atoms with van der Waals surface area (Å²) in [5.41, 5.74) is 2.01. The van der Waals surface area contributed by atoms with Crippen molar-refractivity contribution in [2.45, 2.75) is 57.0 Å². The summed E-state index contributed by atoms with van der Waals surface area (Å²) in [5.74, 6) is 0.653. The molecule has 0 radical (unpaired) electrons. The first kappa shape index (κ1) is 14.7. The predicted octanol–water partition coefficient (Wildman–Crippen LogP) is 4.86. The lowest BCUT2D eigenvalue weighted by atomic mass is 10.0. The number of aliphatic hydroxyl groups is 1. The summed E-state index contributed by atoms with van der Waals surface area (Å²) >= 11 is 1.78. The van der Waals surface area contributed by atoms with Crippen molar-refractivity contribution in [1.29, 1.82) is 0 Å². The zero-order chi connectivity index (χ0) is 14.5. The van der Waals surface area contributed by atoms with Gasteiger partial charge in [-0.15, -0.1) is 11.3 Å². The van der Waals surface area contributed by atoms with Crippen LogP contribution in [0.4, 0.5) is 0 Å². The largest absolute Gasteiger partial charge is 0.388 e. The molecule has 1 aromatic carbocycles. The molecule has 1 aromatic heterocycles. The molecule has 1 heterocycles. The molecule has 0 spiro atoms. The topological polar surface area (TPSA) is 33.1 Å². The number of thiazole rings is 1. The molecule has 1 atom stereocenters. The molecule has 3 heteroatoms. The van der Waals surface area contributed by atoms with Crippen molar-refractivity contribution in [2.75, 3.05) is 0 Å². The first-order valence-electron chi connectivity index (χ1n) is 8.00. The van der Waals surface area contributed by atoms with E-state index in [0.717, 1.165) is 11.3 Å². The Labute approximate surface area is 130 Å². The number of benzene rings is 1. The molecule has 2 nitrogen and oxygen atoms in total. The van der Waals surface area contributed by atoms with E-state index in [-0.39, 0.29) is 0 Å². The predicted molar refractivity (Wildman–Crippen MR) is 87.7 cm³/mol. The number of rotatable bonds is 4. The van der Waals surface area contributed by atoms with E-state index in [1.165, 1.54) is 43.5 Å². The maximum atomic E-state index is 10.3. The monoisotopic (exact) mass is 301 g/mol. The van der Waals surface area contributed by atoms with Crippen LogP contribution in [0.25, 0.3) is 0 Å². The van der Waals surface area contributed by atoms with Crippen molar-refractivity contribution >= 4 is 11.3 Å². The number of aliphatic hydroxyl groups excluding tert-OH is 1. The van der Waals surface area contributed by atoms with Crippen molar-refractivity contribution in [2.24, 2.45) is 0 Å². The quantitative estimate of drug-likeness (QED) is 0.818. The van der Waals surface area contributed by atoms with Gasteiger partial charge in [-0.3, -0.25) is 0 Å². The molecule has 1 unspecified atom stereocenters. The van der Waals surface area contributed by atoms with Gasteiger partial charge in [0.15, 0.2) is 0 Å². The Bertz CT molecular complexity index is 543. The molecule has 0 saturated heterocycles. The SMILES string of the molecule is OC(Cc1csc(C2CCCCCC2)n1)c1ccccc1. The third-order valence-corrected chi connectivity index (χ3v) is 5.42. The number of nitrogens with zero attached hydrogens (tertiary/aromatic N) is 1. The maximum absolute atomic E-state index is 10.3. The van der Waals surface area contributed by atoms with E-state index in [1.54, 1.807) is 11.3 Å². The second-order valence-corrected chi connectivity index (χ2v) is 6.89. The fourth-order valence-electron chi connectivity index (χ4n) is 3.12. The minimum absolute atomic E-state index is 0.449. The van der Waals surface area contributed by atoms with Gasteiger partial charge < -0.3 is 5.11 Å². The molecule has 1 aliphatic rings. The average Bonchev–Trinajstić information content (AvgIpc) is 2.81. The van der Waals surface area contributed by atoms with Crippen molar-refractivity contribution < 1.29 is 5.11 Å². The molecular weight excluding hydrogens is 278 g/mol. The zero-order valence-electron chi connectivity index (χ0n) is 12.4. The van der Waals surface area contributed by atoms with Gasteiger partial charge in [-0.2, -0.15) is 0 Å². The Morgan fingerprint density at radius 1 is 1.10 bits per heavy atom. The molecule has 0 amide bonds. The summed E-state index contributed by atoms with van der Waals surface area (Å²) < 4.78 is 0. The summed E-state index contributed by atoms with van der Waals surface area (Å²) in [6.45, 7) is 0. The maximum Gasteiger partial charge on any atom is 0.0959 e. The Hall–Kier alpha value is -1.19. The van der Waals surface area contributed by atoms with Gasteiger partial charge in [-0.05, 0) is 18.4 Å². The van der Waals surface area contributed by atoms with Crippen LogP contribution in [0.2, 0.25) is 0 Å². The molecular formula is C18H23NOS. The standard InChI is InChI=1S/C18H23NOS/c20-17(14-8-6-3-7-9-14)12-16-13-21-18(19-16)15-10-4-1-2-5-11-15/h3,6-9,13,15,17,20H,1-2,4-5,10-12H2. The first-order chi connectivity index (χ1) is 10.3. The summed E-state index contributed by atoms with van der Waals surface area (Å²) in [6, 6.07) is 9.86. The van der Waals surface area contributed by atoms with E-state index in [1.807, 2.05) is 30.3 Å². The van der Waals surface area contributed by atoms with Crippen molar-refractivity contribution in [3.05, 3.63) is 52.0 Å². The normalized spacial score (nSPS) is 18.3. The molecule has 1 saturated carbocycles. The van der Waals surface area contributed by atoms with Crippen LogP contribution < -0.4 is 0 Å². The van der Waals surface area contributed by atoms with Crippen molar-refractivity contribution in [1.82, 2.24) is 4.98 Å². The number of hydrogen-bond donors (Lipinski definition) is 1. The van der Waals surface area contributed by atoms with Gasteiger partial charge in [0.25, 0.3) is 0 Å². The zero-order valence-corrected chi connectivity index (χ0v) is 13.2. The smallest absolute Gasteiger partial charge is 0.0959 e. The molecule has 1 N–H and O–H groups in total.